The number of benzene rings is 1. The van der Waals surface area contributed by atoms with Gasteiger partial charge in [-0.1, -0.05) is 0 Å². The molecule has 0 saturated carbocycles. The van der Waals surface area contributed by atoms with E-state index in [2.05, 4.69) is 20.7 Å². The van der Waals surface area contributed by atoms with Crippen molar-refractivity contribution in [3.8, 4) is 0 Å². The van der Waals surface area contributed by atoms with E-state index in [1.54, 1.807) is 0 Å². The van der Waals surface area contributed by atoms with Gasteiger partial charge in [-0.05, 0) is 28.9 Å². The number of nitrogens with one attached hydrogen (secondary N) is 1. The van der Waals surface area contributed by atoms with Crippen LogP contribution in [0.25, 0.3) is 0 Å². The number of aryl methyl sites for hydroxylation is 1. The Balaban J connectivity index is 2.44. The molecule has 1 aromatic heterocycles. The topological polar surface area (TPSA) is 85.3 Å². The minimum Gasteiger partial charge on any atom is -0.464 e. The number of furan rings is 1. The van der Waals surface area contributed by atoms with Gasteiger partial charge >= 0.3 is 0 Å². The van der Waals surface area contributed by atoms with Crippen LogP contribution < -0.4 is 10.5 Å². The van der Waals surface area contributed by atoms with Crippen molar-refractivity contribution < 1.29 is 21.6 Å². The molecule has 0 aliphatic carbocycles. The first-order chi connectivity index (χ1) is 9.74. The van der Waals surface area contributed by atoms with Crippen molar-refractivity contribution in [1.29, 1.82) is 0 Å². The van der Waals surface area contributed by atoms with Gasteiger partial charge in [0.25, 0.3) is 10.0 Å². The third kappa shape index (κ3) is 3.25. The highest BCUT2D eigenvalue weighted by atomic mass is 79.9. The van der Waals surface area contributed by atoms with Crippen molar-refractivity contribution in [3.05, 3.63) is 45.8 Å². The first-order valence-electron chi connectivity index (χ1n) is 5.71. The van der Waals surface area contributed by atoms with Gasteiger partial charge in [-0.3, -0.25) is 4.72 Å². The lowest BCUT2D eigenvalue weighted by molar-refractivity contribution is 0.479. The van der Waals surface area contributed by atoms with Crippen molar-refractivity contribution in [2.75, 3.05) is 4.72 Å². The van der Waals surface area contributed by atoms with Gasteiger partial charge in [-0.2, -0.15) is 0 Å². The second-order valence-electron chi connectivity index (χ2n) is 4.19. The molecule has 9 heteroatoms. The largest absolute Gasteiger partial charge is 0.464 e. The number of halogens is 3. The number of anilines is 1. The molecular formula is C12H11BrF2N2O3S. The van der Waals surface area contributed by atoms with Gasteiger partial charge < -0.3 is 10.2 Å². The lowest BCUT2D eigenvalue weighted by Gasteiger charge is -2.10. The summed E-state index contributed by atoms with van der Waals surface area (Å²) in [4.78, 5) is -0.154. The standard InChI is InChI=1S/C12H11BrF2N2O3S/c1-6-11(4-8(5-16)20-6)21(18,19)17-12-9(13)2-7(14)3-10(12)15/h2-4,17H,5,16H2,1H3. The van der Waals surface area contributed by atoms with E-state index in [-0.39, 0.29) is 33.1 Å². The van der Waals surface area contributed by atoms with E-state index in [9.17, 15) is 17.2 Å². The van der Waals surface area contributed by atoms with E-state index < -0.39 is 21.7 Å². The van der Waals surface area contributed by atoms with Crippen LogP contribution in [0.4, 0.5) is 14.5 Å². The highest BCUT2D eigenvalue weighted by Gasteiger charge is 2.24. The molecule has 21 heavy (non-hydrogen) atoms. The zero-order valence-corrected chi connectivity index (χ0v) is 13.2. The van der Waals surface area contributed by atoms with Crippen LogP contribution in [-0.2, 0) is 16.6 Å². The summed E-state index contributed by atoms with van der Waals surface area (Å²) >= 11 is 2.91. The summed E-state index contributed by atoms with van der Waals surface area (Å²) in [6.45, 7) is 1.48. The van der Waals surface area contributed by atoms with Crippen molar-refractivity contribution >= 4 is 31.6 Å². The van der Waals surface area contributed by atoms with Gasteiger partial charge in [-0.25, -0.2) is 17.2 Å². The summed E-state index contributed by atoms with van der Waals surface area (Å²) in [5, 5.41) is 0. The Morgan fingerprint density at radius 3 is 2.52 bits per heavy atom. The van der Waals surface area contributed by atoms with Crippen LogP contribution in [-0.4, -0.2) is 8.42 Å². The molecule has 0 saturated heterocycles. The summed E-state index contributed by atoms with van der Waals surface area (Å²) in [7, 11) is -4.08. The van der Waals surface area contributed by atoms with Crippen molar-refractivity contribution in [2.45, 2.75) is 18.4 Å². The highest BCUT2D eigenvalue weighted by Crippen LogP contribution is 2.30. The fraction of sp³-hybridized carbons (Fsp3) is 0.167. The predicted octanol–water partition coefficient (Wildman–Crippen LogP) is 2.89. The van der Waals surface area contributed by atoms with Crippen LogP contribution in [0.2, 0.25) is 0 Å². The van der Waals surface area contributed by atoms with Gasteiger partial charge in [0, 0.05) is 16.6 Å². The fourth-order valence-electron chi connectivity index (χ4n) is 1.72. The molecule has 0 amide bonds. The average molecular weight is 381 g/mol. The second-order valence-corrected chi connectivity index (χ2v) is 6.69. The number of rotatable bonds is 4. The molecule has 2 rings (SSSR count). The molecule has 1 heterocycles. The Labute approximate surface area is 128 Å². The highest BCUT2D eigenvalue weighted by molar-refractivity contribution is 9.10. The van der Waals surface area contributed by atoms with Crippen molar-refractivity contribution in [2.24, 2.45) is 5.73 Å². The molecule has 0 spiro atoms. The van der Waals surface area contributed by atoms with Crippen LogP contribution in [0, 0.1) is 18.6 Å². The molecule has 1 aromatic carbocycles. The quantitative estimate of drug-likeness (QED) is 0.853. The predicted molar refractivity (Wildman–Crippen MR) is 76.2 cm³/mol. The Morgan fingerprint density at radius 1 is 1.33 bits per heavy atom. The smallest absolute Gasteiger partial charge is 0.265 e. The molecule has 5 nitrogen and oxygen atoms in total. The van der Waals surface area contributed by atoms with Gasteiger partial charge in [-0.15, -0.1) is 0 Å². The zero-order chi connectivity index (χ0) is 15.8. The van der Waals surface area contributed by atoms with Crippen LogP contribution >= 0.6 is 15.9 Å². The molecule has 0 fully saturated rings. The average Bonchev–Trinajstić information content (AvgIpc) is 2.76. The maximum Gasteiger partial charge on any atom is 0.265 e. The molecule has 2 aromatic rings. The van der Waals surface area contributed by atoms with E-state index in [1.807, 2.05) is 0 Å². The lowest BCUT2D eigenvalue weighted by atomic mass is 10.3. The number of hydrogen-bond acceptors (Lipinski definition) is 4. The van der Waals surface area contributed by atoms with Crippen molar-refractivity contribution in [1.82, 2.24) is 0 Å². The van der Waals surface area contributed by atoms with Crippen molar-refractivity contribution in [3.63, 3.8) is 0 Å². The molecule has 3 N–H and O–H groups in total. The minimum absolute atomic E-state index is 0.0327. The molecular weight excluding hydrogens is 370 g/mol. The summed E-state index contributed by atoms with van der Waals surface area (Å²) < 4.78 is 58.4. The molecule has 0 aliphatic heterocycles. The Hall–Kier alpha value is -1.45. The first-order valence-corrected chi connectivity index (χ1v) is 7.99. The SMILES string of the molecule is Cc1oc(CN)cc1S(=O)(=O)Nc1c(F)cc(F)cc1Br. The van der Waals surface area contributed by atoms with Crippen LogP contribution in [0.3, 0.4) is 0 Å². The van der Waals surface area contributed by atoms with Gasteiger partial charge in [0.1, 0.15) is 22.2 Å². The molecule has 114 valence electrons. The molecule has 0 radical (unpaired) electrons. The third-order valence-electron chi connectivity index (χ3n) is 2.66. The van der Waals surface area contributed by atoms with Gasteiger partial charge in [0.05, 0.1) is 12.2 Å². The maximum absolute atomic E-state index is 13.7. The third-order valence-corrected chi connectivity index (χ3v) is 4.74. The molecule has 0 atom stereocenters. The van der Waals surface area contributed by atoms with Crippen LogP contribution in [0.1, 0.15) is 11.5 Å². The monoisotopic (exact) mass is 380 g/mol. The van der Waals surface area contributed by atoms with E-state index >= 15 is 0 Å². The Kier molecular flexibility index (Phi) is 4.35. The van der Waals surface area contributed by atoms with Crippen LogP contribution in [0.15, 0.2) is 32.0 Å². The molecule has 0 unspecified atom stereocenters. The lowest BCUT2D eigenvalue weighted by Crippen LogP contribution is -2.15. The molecule has 0 bridgehead atoms. The number of nitrogens with two attached hydrogens (primary N) is 1. The Bertz CT molecular complexity index is 767. The minimum atomic E-state index is -4.08. The van der Waals surface area contributed by atoms with Crippen LogP contribution in [0.5, 0.6) is 0 Å². The van der Waals surface area contributed by atoms with Gasteiger partial charge in [0.15, 0.2) is 5.82 Å². The molecule has 0 aliphatic rings. The first kappa shape index (κ1) is 15.9. The zero-order valence-electron chi connectivity index (χ0n) is 10.8. The number of sulfonamides is 1. The second kappa shape index (κ2) is 5.74. The maximum atomic E-state index is 13.7. The van der Waals surface area contributed by atoms with Gasteiger partial charge in [0.2, 0.25) is 0 Å². The Morgan fingerprint density at radius 2 is 2.00 bits per heavy atom. The summed E-state index contributed by atoms with van der Waals surface area (Å²) in [6, 6.07) is 2.79. The summed E-state index contributed by atoms with van der Waals surface area (Å²) in [6.07, 6.45) is 0. The summed E-state index contributed by atoms with van der Waals surface area (Å²) in [5.41, 5.74) is 4.99. The fourth-order valence-corrected chi connectivity index (χ4v) is 3.65. The normalized spacial score (nSPS) is 11.7. The van der Waals surface area contributed by atoms with E-state index in [4.69, 9.17) is 10.2 Å². The van der Waals surface area contributed by atoms with E-state index in [1.165, 1.54) is 13.0 Å². The summed E-state index contributed by atoms with van der Waals surface area (Å²) in [5.74, 6) is -1.45. The number of hydrogen-bond donors (Lipinski definition) is 2. The van der Waals surface area contributed by atoms with E-state index in [0.717, 1.165) is 6.07 Å². The van der Waals surface area contributed by atoms with E-state index in [0.29, 0.717) is 6.07 Å².